The van der Waals surface area contributed by atoms with Gasteiger partial charge in [0, 0.05) is 6.04 Å². The van der Waals surface area contributed by atoms with Crippen LogP contribution in [0.5, 0.6) is 0 Å². The largest absolute Gasteiger partial charge is 0.352 e. The van der Waals surface area contributed by atoms with Crippen molar-refractivity contribution in [2.75, 3.05) is 6.54 Å². The van der Waals surface area contributed by atoms with E-state index in [0.717, 1.165) is 25.3 Å². The fourth-order valence-electron chi connectivity index (χ4n) is 2.51. The van der Waals surface area contributed by atoms with Gasteiger partial charge in [-0.15, -0.1) is 0 Å². The number of amides is 1. The number of hydrogen-bond acceptors (Lipinski definition) is 2. The quantitative estimate of drug-likeness (QED) is 0.740. The molecule has 2 fully saturated rings. The Balaban J connectivity index is 1.85. The molecule has 3 nitrogen and oxygen atoms in total. The number of carbonyl (C=O) groups excluding carboxylic acids is 1. The van der Waals surface area contributed by atoms with Gasteiger partial charge < -0.3 is 10.6 Å². The molecule has 0 bridgehead atoms. The lowest BCUT2D eigenvalue weighted by atomic mass is 9.80. The first-order chi connectivity index (χ1) is 7.12. The van der Waals surface area contributed by atoms with E-state index in [-0.39, 0.29) is 11.4 Å². The van der Waals surface area contributed by atoms with Crippen LogP contribution in [0.3, 0.4) is 0 Å². The van der Waals surface area contributed by atoms with E-state index in [2.05, 4.69) is 17.6 Å². The lowest BCUT2D eigenvalue weighted by Crippen LogP contribution is -2.55. The van der Waals surface area contributed by atoms with Crippen LogP contribution < -0.4 is 10.6 Å². The third-order valence-corrected chi connectivity index (χ3v) is 4.09. The molecule has 1 heterocycles. The highest BCUT2D eigenvalue weighted by Gasteiger charge is 2.37. The molecule has 1 saturated heterocycles. The van der Waals surface area contributed by atoms with Gasteiger partial charge in [-0.25, -0.2) is 0 Å². The monoisotopic (exact) mass is 210 g/mol. The van der Waals surface area contributed by atoms with E-state index in [0.29, 0.717) is 6.04 Å². The fraction of sp³-hybridized carbons (Fsp3) is 0.917. The lowest BCUT2D eigenvalue weighted by molar-refractivity contribution is -0.127. The first-order valence-electron chi connectivity index (χ1n) is 6.18. The maximum atomic E-state index is 12.0. The third kappa shape index (κ3) is 2.17. The number of carbonyl (C=O) groups is 1. The first-order valence-corrected chi connectivity index (χ1v) is 6.18. The average Bonchev–Trinajstić information content (AvgIpc) is 2.50. The van der Waals surface area contributed by atoms with E-state index in [4.69, 9.17) is 0 Å². The van der Waals surface area contributed by atoms with Crippen LogP contribution in [0.4, 0.5) is 0 Å². The molecule has 0 spiro atoms. The van der Waals surface area contributed by atoms with Gasteiger partial charge in [-0.1, -0.05) is 6.42 Å². The Hall–Kier alpha value is -0.570. The average molecular weight is 210 g/mol. The van der Waals surface area contributed by atoms with Crippen molar-refractivity contribution in [1.29, 1.82) is 0 Å². The molecule has 1 aliphatic carbocycles. The van der Waals surface area contributed by atoms with Crippen molar-refractivity contribution >= 4 is 5.91 Å². The highest BCUT2D eigenvalue weighted by molar-refractivity contribution is 5.86. The molecule has 0 aromatic rings. The van der Waals surface area contributed by atoms with Crippen LogP contribution in [0.1, 0.15) is 46.0 Å². The third-order valence-electron chi connectivity index (χ3n) is 4.09. The van der Waals surface area contributed by atoms with Gasteiger partial charge in [-0.05, 0) is 52.0 Å². The Kier molecular flexibility index (Phi) is 3.01. The Morgan fingerprint density at radius 2 is 2.20 bits per heavy atom. The maximum Gasteiger partial charge on any atom is 0.240 e. The van der Waals surface area contributed by atoms with Crippen LogP contribution in [-0.2, 0) is 4.79 Å². The van der Waals surface area contributed by atoms with Crippen molar-refractivity contribution in [3.8, 4) is 0 Å². The van der Waals surface area contributed by atoms with Crippen LogP contribution in [-0.4, -0.2) is 24.0 Å². The van der Waals surface area contributed by atoms with Crippen molar-refractivity contribution in [2.45, 2.75) is 57.5 Å². The maximum absolute atomic E-state index is 12.0. The van der Waals surface area contributed by atoms with E-state index in [1.807, 2.05) is 6.92 Å². The van der Waals surface area contributed by atoms with E-state index >= 15 is 0 Å². The van der Waals surface area contributed by atoms with Crippen LogP contribution >= 0.6 is 0 Å². The normalized spacial score (nSPS) is 33.5. The minimum atomic E-state index is -0.308. The molecule has 1 aliphatic heterocycles. The van der Waals surface area contributed by atoms with Gasteiger partial charge in [0.1, 0.15) is 0 Å². The minimum absolute atomic E-state index is 0.194. The Morgan fingerprint density at radius 3 is 2.67 bits per heavy atom. The standard InChI is InChI=1S/C12H22N2O/c1-9(10-5-3-6-10)14-11(15)12(2)7-4-8-13-12/h9-10,13H,3-8H2,1-2H3,(H,14,15). The van der Waals surface area contributed by atoms with Crippen LogP contribution in [0.25, 0.3) is 0 Å². The molecule has 0 aromatic heterocycles. The summed E-state index contributed by atoms with van der Waals surface area (Å²) in [6, 6.07) is 0.352. The molecule has 2 rings (SSSR count). The highest BCUT2D eigenvalue weighted by Crippen LogP contribution is 2.30. The van der Waals surface area contributed by atoms with Gasteiger partial charge >= 0.3 is 0 Å². The summed E-state index contributed by atoms with van der Waals surface area (Å²) in [7, 11) is 0. The lowest BCUT2D eigenvalue weighted by Gasteiger charge is -2.34. The van der Waals surface area contributed by atoms with Gasteiger partial charge in [0.2, 0.25) is 5.91 Å². The molecule has 2 N–H and O–H groups in total. The predicted molar refractivity (Wildman–Crippen MR) is 60.6 cm³/mol. The molecule has 2 atom stereocenters. The molecule has 15 heavy (non-hydrogen) atoms. The van der Waals surface area contributed by atoms with E-state index in [1.165, 1.54) is 19.3 Å². The molecule has 0 aromatic carbocycles. The van der Waals surface area contributed by atoms with Crippen molar-refractivity contribution in [2.24, 2.45) is 5.92 Å². The van der Waals surface area contributed by atoms with Crippen molar-refractivity contribution in [3.63, 3.8) is 0 Å². The zero-order valence-electron chi connectivity index (χ0n) is 9.81. The van der Waals surface area contributed by atoms with Crippen LogP contribution in [0.15, 0.2) is 0 Å². The van der Waals surface area contributed by atoms with E-state index < -0.39 is 0 Å². The van der Waals surface area contributed by atoms with Crippen LogP contribution in [0, 0.1) is 5.92 Å². The molecule has 1 saturated carbocycles. The summed E-state index contributed by atoms with van der Waals surface area (Å²) in [6.07, 6.45) is 5.98. The zero-order chi connectivity index (χ0) is 10.9. The molecular formula is C12H22N2O. The summed E-state index contributed by atoms with van der Waals surface area (Å²) in [5.74, 6) is 0.915. The van der Waals surface area contributed by atoms with Crippen molar-refractivity contribution < 1.29 is 4.79 Å². The van der Waals surface area contributed by atoms with Gasteiger partial charge in [-0.2, -0.15) is 0 Å². The number of rotatable bonds is 3. The van der Waals surface area contributed by atoms with Gasteiger partial charge in [0.05, 0.1) is 5.54 Å². The molecular weight excluding hydrogens is 188 g/mol. The molecule has 3 heteroatoms. The summed E-state index contributed by atoms with van der Waals surface area (Å²) in [6.45, 7) is 5.13. The van der Waals surface area contributed by atoms with E-state index in [9.17, 15) is 4.79 Å². The summed E-state index contributed by atoms with van der Waals surface area (Å²) in [5, 5.41) is 6.46. The van der Waals surface area contributed by atoms with Crippen LogP contribution in [0.2, 0.25) is 0 Å². The van der Waals surface area contributed by atoms with Gasteiger partial charge in [-0.3, -0.25) is 4.79 Å². The Morgan fingerprint density at radius 1 is 1.47 bits per heavy atom. The number of hydrogen-bond donors (Lipinski definition) is 2. The minimum Gasteiger partial charge on any atom is -0.352 e. The Bertz CT molecular complexity index is 242. The highest BCUT2D eigenvalue weighted by atomic mass is 16.2. The topological polar surface area (TPSA) is 41.1 Å². The second kappa shape index (κ2) is 4.12. The first kappa shape index (κ1) is 10.9. The predicted octanol–water partition coefficient (Wildman–Crippen LogP) is 1.43. The van der Waals surface area contributed by atoms with Crippen molar-refractivity contribution in [1.82, 2.24) is 10.6 Å². The fourth-order valence-corrected chi connectivity index (χ4v) is 2.51. The van der Waals surface area contributed by atoms with Gasteiger partial charge in [0.25, 0.3) is 0 Å². The summed E-state index contributed by atoms with van der Waals surface area (Å²) in [5.41, 5.74) is -0.308. The zero-order valence-corrected chi connectivity index (χ0v) is 9.81. The van der Waals surface area contributed by atoms with Crippen molar-refractivity contribution in [3.05, 3.63) is 0 Å². The summed E-state index contributed by atoms with van der Waals surface area (Å²) in [4.78, 5) is 12.0. The second-order valence-electron chi connectivity index (χ2n) is 5.32. The smallest absolute Gasteiger partial charge is 0.240 e. The summed E-state index contributed by atoms with van der Waals surface area (Å²) >= 11 is 0. The van der Waals surface area contributed by atoms with E-state index in [1.54, 1.807) is 0 Å². The number of nitrogens with one attached hydrogen (secondary N) is 2. The second-order valence-corrected chi connectivity index (χ2v) is 5.32. The molecule has 0 radical (unpaired) electrons. The summed E-state index contributed by atoms with van der Waals surface area (Å²) < 4.78 is 0. The molecule has 2 aliphatic rings. The molecule has 86 valence electrons. The SMILES string of the molecule is CC(NC(=O)C1(C)CCCN1)C1CCC1. The molecule has 1 amide bonds. The Labute approximate surface area is 92.0 Å². The van der Waals surface area contributed by atoms with Gasteiger partial charge in [0.15, 0.2) is 0 Å². The molecule has 2 unspecified atom stereocenters.